The number of piperidine rings is 1. The normalized spacial score (nSPS) is 20.5. The summed E-state index contributed by atoms with van der Waals surface area (Å²) < 4.78 is 0. The molecule has 1 aromatic rings. The zero-order chi connectivity index (χ0) is 23.0. The van der Waals surface area contributed by atoms with Crippen molar-refractivity contribution in [1.82, 2.24) is 15.5 Å². The number of aliphatic hydroxyl groups is 1. The van der Waals surface area contributed by atoms with Crippen molar-refractivity contribution >= 4 is 24.4 Å². The van der Waals surface area contributed by atoms with Gasteiger partial charge >= 0.3 is 0 Å². The second-order valence-corrected chi connectivity index (χ2v) is 9.69. The number of nitrogens with zero attached hydrogens (tertiary/aromatic N) is 1. The zero-order valence-electron chi connectivity index (χ0n) is 18.9. The highest BCUT2D eigenvalue weighted by Gasteiger charge is 2.38. The molecule has 0 aliphatic carbocycles. The second kappa shape index (κ2) is 11.9. The van der Waals surface area contributed by atoms with Crippen LogP contribution in [0.5, 0.6) is 0 Å². The van der Waals surface area contributed by atoms with E-state index in [1.54, 1.807) is 0 Å². The van der Waals surface area contributed by atoms with E-state index < -0.39 is 24.4 Å². The molecule has 1 fully saturated rings. The minimum Gasteiger partial charge on any atom is -0.390 e. The molecule has 2 amide bonds. The van der Waals surface area contributed by atoms with E-state index in [4.69, 9.17) is 5.73 Å². The Morgan fingerprint density at radius 1 is 1.26 bits per heavy atom. The fourth-order valence-corrected chi connectivity index (χ4v) is 4.04. The Balaban J connectivity index is 2.21. The molecule has 174 valence electrons. The van der Waals surface area contributed by atoms with Crippen LogP contribution >= 0.6 is 12.6 Å². The van der Waals surface area contributed by atoms with E-state index in [0.29, 0.717) is 25.8 Å². The van der Waals surface area contributed by atoms with Gasteiger partial charge in [-0.15, -0.1) is 0 Å². The van der Waals surface area contributed by atoms with Gasteiger partial charge in [-0.05, 0) is 52.0 Å². The highest BCUT2D eigenvalue weighted by Crippen LogP contribution is 2.23. The van der Waals surface area contributed by atoms with Crippen LogP contribution in [0.25, 0.3) is 0 Å². The summed E-state index contributed by atoms with van der Waals surface area (Å²) in [5, 5.41) is 17.1. The first-order valence-corrected chi connectivity index (χ1v) is 11.7. The van der Waals surface area contributed by atoms with Gasteiger partial charge in [0.1, 0.15) is 6.17 Å². The number of thiol groups is 1. The van der Waals surface area contributed by atoms with Crippen LogP contribution in [-0.2, 0) is 16.0 Å². The Bertz CT molecular complexity index is 711. The Morgan fingerprint density at radius 3 is 2.55 bits per heavy atom. The topological polar surface area (TPSA) is 108 Å². The lowest BCUT2D eigenvalue weighted by molar-refractivity contribution is -0.136. The van der Waals surface area contributed by atoms with Gasteiger partial charge < -0.3 is 21.5 Å². The summed E-state index contributed by atoms with van der Waals surface area (Å²) in [6.45, 7) is 6.44. The molecule has 4 atom stereocenters. The SMILES string of the molecule is CC(C)(C)NC(=O)[C@@H]1CCCCN1C(NC(=O)[C@@H](N)CS)C(O)CCc1ccccc1. The Labute approximate surface area is 191 Å². The van der Waals surface area contributed by atoms with E-state index in [0.717, 1.165) is 18.4 Å². The van der Waals surface area contributed by atoms with E-state index in [1.807, 2.05) is 56.0 Å². The van der Waals surface area contributed by atoms with Crippen LogP contribution in [0.15, 0.2) is 30.3 Å². The molecule has 8 heteroatoms. The number of aryl methyl sites for hydroxylation is 1. The lowest BCUT2D eigenvalue weighted by atomic mass is 9.96. The number of nitrogens with one attached hydrogen (secondary N) is 2. The largest absolute Gasteiger partial charge is 0.390 e. The monoisotopic (exact) mass is 450 g/mol. The van der Waals surface area contributed by atoms with E-state index in [1.165, 1.54) is 0 Å². The van der Waals surface area contributed by atoms with Crippen molar-refractivity contribution in [2.75, 3.05) is 12.3 Å². The molecule has 0 saturated carbocycles. The summed E-state index contributed by atoms with van der Waals surface area (Å²) in [5.41, 5.74) is 6.62. The van der Waals surface area contributed by atoms with Crippen LogP contribution in [-0.4, -0.2) is 64.0 Å². The molecule has 0 radical (unpaired) electrons. The number of hydrogen-bond donors (Lipinski definition) is 5. The number of aliphatic hydroxyl groups excluding tert-OH is 1. The van der Waals surface area contributed by atoms with E-state index >= 15 is 0 Å². The molecular weight excluding hydrogens is 412 g/mol. The number of benzene rings is 1. The fourth-order valence-electron chi connectivity index (χ4n) is 3.87. The van der Waals surface area contributed by atoms with E-state index in [-0.39, 0.29) is 23.1 Å². The smallest absolute Gasteiger partial charge is 0.239 e. The highest BCUT2D eigenvalue weighted by atomic mass is 32.1. The van der Waals surface area contributed by atoms with Gasteiger partial charge in [-0.3, -0.25) is 14.5 Å². The molecule has 7 nitrogen and oxygen atoms in total. The lowest BCUT2D eigenvalue weighted by Gasteiger charge is -2.43. The van der Waals surface area contributed by atoms with Crippen LogP contribution in [0.4, 0.5) is 0 Å². The first kappa shape index (κ1) is 25.6. The molecule has 2 rings (SSSR count). The van der Waals surface area contributed by atoms with Crippen molar-refractivity contribution in [1.29, 1.82) is 0 Å². The van der Waals surface area contributed by atoms with Gasteiger partial charge in [0.25, 0.3) is 0 Å². The maximum absolute atomic E-state index is 13.0. The summed E-state index contributed by atoms with van der Waals surface area (Å²) in [5.74, 6) is -0.258. The van der Waals surface area contributed by atoms with Crippen molar-refractivity contribution in [2.24, 2.45) is 5.73 Å². The van der Waals surface area contributed by atoms with Crippen molar-refractivity contribution in [3.8, 4) is 0 Å². The minimum atomic E-state index is -0.848. The number of carbonyl (C=O) groups is 2. The predicted octanol–water partition coefficient (Wildman–Crippen LogP) is 1.45. The molecule has 1 aliphatic heterocycles. The number of carbonyl (C=O) groups excluding carboxylic acids is 2. The summed E-state index contributed by atoms with van der Waals surface area (Å²) in [6, 6.07) is 8.70. The minimum absolute atomic E-state index is 0.0831. The third-order valence-electron chi connectivity index (χ3n) is 5.46. The first-order chi connectivity index (χ1) is 14.6. The molecule has 0 bridgehead atoms. The number of likely N-dealkylation sites (tertiary alicyclic amines) is 1. The molecule has 31 heavy (non-hydrogen) atoms. The number of hydrogen-bond acceptors (Lipinski definition) is 6. The molecule has 1 aliphatic rings. The zero-order valence-corrected chi connectivity index (χ0v) is 19.8. The quantitative estimate of drug-likeness (QED) is 0.366. The third kappa shape index (κ3) is 8.11. The third-order valence-corrected chi connectivity index (χ3v) is 5.86. The average Bonchev–Trinajstić information content (AvgIpc) is 2.74. The summed E-state index contributed by atoms with van der Waals surface area (Å²) in [4.78, 5) is 27.5. The molecular formula is C23H38N4O3S. The maximum atomic E-state index is 13.0. The number of nitrogens with two attached hydrogens (primary N) is 1. The predicted molar refractivity (Wildman–Crippen MR) is 127 cm³/mol. The van der Waals surface area contributed by atoms with Gasteiger partial charge in [0.2, 0.25) is 11.8 Å². The maximum Gasteiger partial charge on any atom is 0.239 e. The highest BCUT2D eigenvalue weighted by molar-refractivity contribution is 7.80. The molecule has 0 aromatic heterocycles. The van der Waals surface area contributed by atoms with Gasteiger partial charge in [-0.25, -0.2) is 0 Å². The van der Waals surface area contributed by atoms with Gasteiger partial charge in [0, 0.05) is 17.8 Å². The van der Waals surface area contributed by atoms with Crippen molar-refractivity contribution in [3.05, 3.63) is 35.9 Å². The average molecular weight is 451 g/mol. The van der Waals surface area contributed by atoms with Crippen LogP contribution in [0, 0.1) is 0 Å². The number of amides is 2. The standard InChI is InChI=1S/C23H38N4O3S/c1-23(2,3)26-22(30)18-11-7-8-14-27(18)20(25-21(29)17(24)15-31)19(28)13-12-16-9-5-4-6-10-16/h4-6,9-10,17-20,28,31H,7-8,11-15,24H2,1-3H3,(H,25,29)(H,26,30)/t17-,18-,19?,20?/m0/s1. The van der Waals surface area contributed by atoms with Crippen LogP contribution in [0.1, 0.15) is 52.0 Å². The van der Waals surface area contributed by atoms with Crippen molar-refractivity contribution in [2.45, 2.75) is 82.8 Å². The summed E-state index contributed by atoms with van der Waals surface area (Å²) >= 11 is 4.12. The Morgan fingerprint density at radius 2 is 1.94 bits per heavy atom. The summed E-state index contributed by atoms with van der Waals surface area (Å²) in [7, 11) is 0. The van der Waals surface area contributed by atoms with Gasteiger partial charge in [-0.1, -0.05) is 36.8 Å². The van der Waals surface area contributed by atoms with Crippen molar-refractivity contribution in [3.63, 3.8) is 0 Å². The van der Waals surface area contributed by atoms with Crippen molar-refractivity contribution < 1.29 is 14.7 Å². The molecule has 2 unspecified atom stereocenters. The fraction of sp³-hybridized carbons (Fsp3) is 0.652. The second-order valence-electron chi connectivity index (χ2n) is 9.32. The summed E-state index contributed by atoms with van der Waals surface area (Å²) in [6.07, 6.45) is 2.08. The van der Waals surface area contributed by atoms with E-state index in [9.17, 15) is 14.7 Å². The molecule has 0 spiro atoms. The van der Waals surface area contributed by atoms with Crippen LogP contribution in [0.3, 0.4) is 0 Å². The van der Waals surface area contributed by atoms with Crippen LogP contribution in [0.2, 0.25) is 0 Å². The number of rotatable bonds is 9. The molecule has 1 heterocycles. The molecule has 5 N–H and O–H groups in total. The van der Waals surface area contributed by atoms with Gasteiger partial charge in [0.05, 0.1) is 18.2 Å². The van der Waals surface area contributed by atoms with E-state index in [2.05, 4.69) is 23.3 Å². The Kier molecular flexibility index (Phi) is 9.81. The van der Waals surface area contributed by atoms with Crippen LogP contribution < -0.4 is 16.4 Å². The van der Waals surface area contributed by atoms with Gasteiger partial charge in [-0.2, -0.15) is 12.6 Å². The lowest BCUT2D eigenvalue weighted by Crippen LogP contribution is -2.64. The first-order valence-electron chi connectivity index (χ1n) is 11.1. The Hall–Kier alpha value is -1.61. The molecule has 1 aromatic carbocycles. The molecule has 1 saturated heterocycles. The van der Waals surface area contributed by atoms with Gasteiger partial charge in [0.15, 0.2) is 0 Å².